The summed E-state index contributed by atoms with van der Waals surface area (Å²) < 4.78 is 2.89. The smallest absolute Gasteiger partial charge is 0.110 e. The average Bonchev–Trinajstić information content (AvgIpc) is 2.63. The number of halogens is 1. The molecule has 0 aliphatic rings. The molecule has 0 spiro atoms. The Bertz CT molecular complexity index is 548. The molecule has 1 aromatic carbocycles. The normalized spacial score (nSPS) is 10.4. The second kappa shape index (κ2) is 4.35. The van der Waals surface area contributed by atoms with Gasteiger partial charge < -0.3 is 10.3 Å². The standard InChI is InChI=1S/C11H10BrN3S/c1-7-14-4-5-15(7)8-2-3-9(11(13)16)10(12)6-8/h2-6H,1H3,(H2,13,16). The van der Waals surface area contributed by atoms with Gasteiger partial charge in [0.25, 0.3) is 0 Å². The summed E-state index contributed by atoms with van der Waals surface area (Å²) in [5.74, 6) is 0.940. The molecule has 0 saturated heterocycles. The molecule has 1 heterocycles. The van der Waals surface area contributed by atoms with Gasteiger partial charge in [0.1, 0.15) is 10.8 Å². The highest BCUT2D eigenvalue weighted by Gasteiger charge is 2.06. The molecule has 0 saturated carbocycles. The summed E-state index contributed by atoms with van der Waals surface area (Å²) in [5.41, 5.74) is 7.47. The minimum Gasteiger partial charge on any atom is -0.389 e. The highest BCUT2D eigenvalue weighted by atomic mass is 79.9. The van der Waals surface area contributed by atoms with Crippen molar-refractivity contribution < 1.29 is 0 Å². The van der Waals surface area contributed by atoms with Crippen molar-refractivity contribution in [3.8, 4) is 5.69 Å². The van der Waals surface area contributed by atoms with Gasteiger partial charge >= 0.3 is 0 Å². The van der Waals surface area contributed by atoms with Crippen LogP contribution >= 0.6 is 28.1 Å². The molecule has 3 nitrogen and oxygen atoms in total. The van der Waals surface area contributed by atoms with Gasteiger partial charge in [-0.25, -0.2) is 4.98 Å². The van der Waals surface area contributed by atoms with Crippen molar-refractivity contribution in [2.45, 2.75) is 6.92 Å². The SMILES string of the molecule is Cc1nccn1-c1ccc(C(N)=S)c(Br)c1. The van der Waals surface area contributed by atoms with Gasteiger partial charge in [0.15, 0.2) is 0 Å². The summed E-state index contributed by atoms with van der Waals surface area (Å²) in [4.78, 5) is 4.57. The van der Waals surface area contributed by atoms with Crippen LogP contribution in [0.3, 0.4) is 0 Å². The van der Waals surface area contributed by atoms with E-state index in [1.54, 1.807) is 6.20 Å². The van der Waals surface area contributed by atoms with Crippen LogP contribution in [0, 0.1) is 6.92 Å². The predicted octanol–water partition coefficient (Wildman–Crippen LogP) is 2.58. The summed E-state index contributed by atoms with van der Waals surface area (Å²) in [7, 11) is 0. The molecule has 0 fully saturated rings. The highest BCUT2D eigenvalue weighted by molar-refractivity contribution is 9.10. The number of aryl methyl sites for hydroxylation is 1. The number of nitrogens with two attached hydrogens (primary N) is 1. The summed E-state index contributed by atoms with van der Waals surface area (Å²) in [6.07, 6.45) is 3.68. The number of rotatable bonds is 2. The molecule has 82 valence electrons. The first-order chi connectivity index (χ1) is 7.59. The highest BCUT2D eigenvalue weighted by Crippen LogP contribution is 2.21. The summed E-state index contributed by atoms with van der Waals surface area (Å²) >= 11 is 8.40. The number of aromatic nitrogens is 2. The molecule has 2 aromatic rings. The van der Waals surface area contributed by atoms with E-state index in [0.717, 1.165) is 21.5 Å². The maximum Gasteiger partial charge on any atom is 0.110 e. The van der Waals surface area contributed by atoms with Crippen LogP contribution < -0.4 is 5.73 Å². The Morgan fingerprint density at radius 2 is 2.25 bits per heavy atom. The summed E-state index contributed by atoms with van der Waals surface area (Å²) in [5, 5.41) is 0. The van der Waals surface area contributed by atoms with E-state index >= 15 is 0 Å². The van der Waals surface area contributed by atoms with Gasteiger partial charge in [-0.05, 0) is 41.1 Å². The lowest BCUT2D eigenvalue weighted by Gasteiger charge is -2.08. The number of thiocarbonyl (C=S) groups is 1. The minimum absolute atomic E-state index is 0.390. The fourth-order valence-corrected chi connectivity index (χ4v) is 2.39. The van der Waals surface area contributed by atoms with Gasteiger partial charge in [-0.15, -0.1) is 0 Å². The lowest BCUT2D eigenvalue weighted by molar-refractivity contribution is 0.973. The maximum absolute atomic E-state index is 5.60. The van der Waals surface area contributed by atoms with E-state index in [1.807, 2.05) is 35.9 Å². The number of benzene rings is 1. The van der Waals surface area contributed by atoms with Crippen molar-refractivity contribution in [3.05, 3.63) is 46.5 Å². The van der Waals surface area contributed by atoms with E-state index in [0.29, 0.717) is 4.99 Å². The van der Waals surface area contributed by atoms with Crippen LogP contribution in [0.25, 0.3) is 5.69 Å². The van der Waals surface area contributed by atoms with Crippen LogP contribution in [0.2, 0.25) is 0 Å². The number of hydrogen-bond donors (Lipinski definition) is 1. The maximum atomic E-state index is 5.60. The molecule has 2 N–H and O–H groups in total. The zero-order valence-corrected chi connectivity index (χ0v) is 11.0. The van der Waals surface area contributed by atoms with E-state index in [-0.39, 0.29) is 0 Å². The molecule has 0 aliphatic heterocycles. The van der Waals surface area contributed by atoms with E-state index < -0.39 is 0 Å². The van der Waals surface area contributed by atoms with Gasteiger partial charge in [0.2, 0.25) is 0 Å². The third kappa shape index (κ3) is 2.01. The van der Waals surface area contributed by atoms with Crippen LogP contribution in [-0.2, 0) is 0 Å². The molecule has 0 amide bonds. The average molecular weight is 296 g/mol. The zero-order valence-electron chi connectivity index (χ0n) is 8.64. The Balaban J connectivity index is 2.50. The lowest BCUT2D eigenvalue weighted by atomic mass is 10.2. The van der Waals surface area contributed by atoms with Crippen LogP contribution in [-0.4, -0.2) is 14.5 Å². The van der Waals surface area contributed by atoms with Crippen molar-refractivity contribution in [2.24, 2.45) is 5.73 Å². The molecule has 2 rings (SSSR count). The van der Waals surface area contributed by atoms with Crippen LogP contribution in [0.15, 0.2) is 35.1 Å². The van der Waals surface area contributed by atoms with Gasteiger partial charge in [-0.1, -0.05) is 12.2 Å². The van der Waals surface area contributed by atoms with Gasteiger partial charge in [0.05, 0.1) is 0 Å². The Hall–Kier alpha value is -1.20. The molecule has 5 heteroatoms. The molecule has 0 aliphatic carbocycles. The van der Waals surface area contributed by atoms with Crippen molar-refractivity contribution in [1.29, 1.82) is 0 Å². The fraction of sp³-hybridized carbons (Fsp3) is 0.0909. The second-order valence-electron chi connectivity index (χ2n) is 3.37. The zero-order chi connectivity index (χ0) is 11.7. The van der Waals surface area contributed by atoms with Gasteiger partial charge in [-0.3, -0.25) is 0 Å². The largest absolute Gasteiger partial charge is 0.389 e. The van der Waals surface area contributed by atoms with Crippen LogP contribution in [0.1, 0.15) is 11.4 Å². The van der Waals surface area contributed by atoms with E-state index in [4.69, 9.17) is 18.0 Å². The molecule has 16 heavy (non-hydrogen) atoms. The molecular weight excluding hydrogens is 286 g/mol. The Morgan fingerprint density at radius 1 is 1.50 bits per heavy atom. The molecule has 0 bridgehead atoms. The molecule has 0 atom stereocenters. The number of hydrogen-bond acceptors (Lipinski definition) is 2. The Kier molecular flexibility index (Phi) is 3.07. The van der Waals surface area contributed by atoms with E-state index in [1.165, 1.54) is 0 Å². The first-order valence-corrected chi connectivity index (χ1v) is 5.89. The first-order valence-electron chi connectivity index (χ1n) is 4.69. The molecule has 1 aromatic heterocycles. The second-order valence-corrected chi connectivity index (χ2v) is 4.67. The number of imidazole rings is 1. The monoisotopic (exact) mass is 295 g/mol. The fourth-order valence-electron chi connectivity index (χ4n) is 1.50. The minimum atomic E-state index is 0.390. The van der Waals surface area contributed by atoms with Crippen molar-refractivity contribution >= 4 is 33.1 Å². The third-order valence-electron chi connectivity index (χ3n) is 2.32. The van der Waals surface area contributed by atoms with Crippen LogP contribution in [0.4, 0.5) is 0 Å². The van der Waals surface area contributed by atoms with Crippen molar-refractivity contribution in [2.75, 3.05) is 0 Å². The Morgan fingerprint density at radius 3 is 2.75 bits per heavy atom. The number of nitrogens with zero attached hydrogens (tertiary/aromatic N) is 2. The summed E-state index contributed by atoms with van der Waals surface area (Å²) in [6, 6.07) is 5.85. The van der Waals surface area contributed by atoms with Gasteiger partial charge in [0, 0.05) is 28.1 Å². The first kappa shape index (κ1) is 11.3. The lowest BCUT2D eigenvalue weighted by Crippen LogP contribution is -2.10. The molecule has 0 unspecified atom stereocenters. The van der Waals surface area contributed by atoms with E-state index in [9.17, 15) is 0 Å². The topological polar surface area (TPSA) is 43.8 Å². The Labute approximate surface area is 107 Å². The van der Waals surface area contributed by atoms with E-state index in [2.05, 4.69) is 20.9 Å². The molecular formula is C11H10BrN3S. The van der Waals surface area contributed by atoms with Crippen LogP contribution in [0.5, 0.6) is 0 Å². The van der Waals surface area contributed by atoms with Crippen molar-refractivity contribution in [3.63, 3.8) is 0 Å². The summed E-state index contributed by atoms with van der Waals surface area (Å²) in [6.45, 7) is 1.95. The molecule has 0 radical (unpaired) electrons. The quantitative estimate of drug-likeness (QED) is 0.866. The van der Waals surface area contributed by atoms with Crippen molar-refractivity contribution in [1.82, 2.24) is 9.55 Å². The third-order valence-corrected chi connectivity index (χ3v) is 3.20. The van der Waals surface area contributed by atoms with Gasteiger partial charge in [-0.2, -0.15) is 0 Å². The predicted molar refractivity (Wildman–Crippen MR) is 71.9 cm³/mol.